The van der Waals surface area contributed by atoms with Crippen LogP contribution in [0, 0.1) is 11.7 Å². The van der Waals surface area contributed by atoms with Crippen molar-refractivity contribution in [3.63, 3.8) is 0 Å². The molecule has 1 aromatic heterocycles. The van der Waals surface area contributed by atoms with Gasteiger partial charge in [0.15, 0.2) is 11.6 Å². The van der Waals surface area contributed by atoms with Gasteiger partial charge in [0.25, 0.3) is 0 Å². The summed E-state index contributed by atoms with van der Waals surface area (Å²) >= 11 is 0. The second-order valence-corrected chi connectivity index (χ2v) is 6.33. The molecular formula is C16H24FN3O3. The molecule has 3 heterocycles. The van der Waals surface area contributed by atoms with Crippen LogP contribution < -0.4 is 5.32 Å². The first-order valence-electron chi connectivity index (χ1n) is 8.10. The molecule has 2 N–H and O–H groups in total. The highest BCUT2D eigenvalue weighted by atomic mass is 19.1. The number of aliphatic hydroxyl groups is 1. The van der Waals surface area contributed by atoms with E-state index in [0.717, 1.165) is 19.5 Å². The summed E-state index contributed by atoms with van der Waals surface area (Å²) in [5, 5.41) is 12.2. The molecule has 3 rings (SSSR count). The van der Waals surface area contributed by atoms with Gasteiger partial charge in [-0.3, -0.25) is 4.90 Å². The number of ether oxygens (including phenoxy) is 2. The molecule has 2 aliphatic heterocycles. The van der Waals surface area contributed by atoms with Crippen LogP contribution in [-0.2, 0) is 9.47 Å². The maximum Gasteiger partial charge on any atom is 0.165 e. The summed E-state index contributed by atoms with van der Waals surface area (Å²) in [6.07, 6.45) is 2.43. The van der Waals surface area contributed by atoms with Crippen LogP contribution >= 0.6 is 0 Å². The van der Waals surface area contributed by atoms with E-state index < -0.39 is 0 Å². The number of pyridine rings is 1. The van der Waals surface area contributed by atoms with Crippen LogP contribution in [0.5, 0.6) is 0 Å². The monoisotopic (exact) mass is 325 g/mol. The van der Waals surface area contributed by atoms with Crippen molar-refractivity contribution >= 4 is 5.82 Å². The van der Waals surface area contributed by atoms with Gasteiger partial charge in [0, 0.05) is 38.3 Å². The molecule has 2 saturated heterocycles. The molecule has 2 fully saturated rings. The maximum atomic E-state index is 13.6. The fraction of sp³-hybridized carbons (Fsp3) is 0.688. The van der Waals surface area contributed by atoms with Gasteiger partial charge in [-0.1, -0.05) is 0 Å². The number of aliphatic hydroxyl groups excluding tert-OH is 1. The third-order valence-electron chi connectivity index (χ3n) is 4.45. The minimum atomic E-state index is -0.340. The maximum absolute atomic E-state index is 13.6. The molecule has 0 radical (unpaired) electrons. The lowest BCUT2D eigenvalue weighted by Crippen LogP contribution is -2.45. The van der Waals surface area contributed by atoms with E-state index >= 15 is 0 Å². The zero-order valence-corrected chi connectivity index (χ0v) is 13.2. The standard InChI is InChI=1S/C16H24FN3O3/c17-14-2-1-3-18-15(14)19-9-13-8-16(23-10-13)11-20(4-6-21)5-7-22-12-16/h1-3,13,21H,4-12H2,(H,18,19)/t13-,16-/m1/s1. The molecule has 6 nitrogen and oxygen atoms in total. The average Bonchev–Trinajstić information content (AvgIpc) is 2.83. The largest absolute Gasteiger partial charge is 0.395 e. The van der Waals surface area contributed by atoms with Crippen LogP contribution in [0.4, 0.5) is 10.2 Å². The lowest BCUT2D eigenvalue weighted by molar-refractivity contribution is -0.0563. The number of rotatable bonds is 5. The van der Waals surface area contributed by atoms with Crippen molar-refractivity contribution in [2.45, 2.75) is 12.0 Å². The van der Waals surface area contributed by atoms with Crippen molar-refractivity contribution in [2.24, 2.45) is 5.92 Å². The van der Waals surface area contributed by atoms with Crippen LogP contribution in [0.15, 0.2) is 18.3 Å². The average molecular weight is 325 g/mol. The number of hydrogen-bond acceptors (Lipinski definition) is 6. The Morgan fingerprint density at radius 1 is 1.52 bits per heavy atom. The van der Waals surface area contributed by atoms with Gasteiger partial charge in [-0.15, -0.1) is 0 Å². The van der Waals surface area contributed by atoms with Crippen LogP contribution in [0.2, 0.25) is 0 Å². The third-order valence-corrected chi connectivity index (χ3v) is 4.45. The molecule has 7 heteroatoms. The molecule has 0 unspecified atom stereocenters. The summed E-state index contributed by atoms with van der Waals surface area (Å²) in [7, 11) is 0. The second kappa shape index (κ2) is 7.53. The molecule has 2 atom stereocenters. The first-order chi connectivity index (χ1) is 11.2. The molecule has 0 aliphatic carbocycles. The normalized spacial score (nSPS) is 28.9. The van der Waals surface area contributed by atoms with Gasteiger partial charge in [0.2, 0.25) is 0 Å². The van der Waals surface area contributed by atoms with Gasteiger partial charge >= 0.3 is 0 Å². The zero-order valence-electron chi connectivity index (χ0n) is 13.2. The SMILES string of the molecule is OCCN1CCOC[C@@]2(C[C@H](CNc3ncccc3F)CO2)C1. The summed E-state index contributed by atoms with van der Waals surface area (Å²) in [5.74, 6) is 0.231. The van der Waals surface area contributed by atoms with E-state index in [2.05, 4.69) is 15.2 Å². The smallest absolute Gasteiger partial charge is 0.165 e. The summed E-state index contributed by atoms with van der Waals surface area (Å²) in [5.41, 5.74) is -0.319. The Labute approximate surface area is 135 Å². The number of aromatic nitrogens is 1. The van der Waals surface area contributed by atoms with E-state index in [-0.39, 0.29) is 29.8 Å². The van der Waals surface area contributed by atoms with Crippen LogP contribution in [0.25, 0.3) is 0 Å². The highest BCUT2D eigenvalue weighted by molar-refractivity contribution is 5.35. The predicted octanol–water partition coefficient (Wildman–Crippen LogP) is 0.732. The van der Waals surface area contributed by atoms with Crippen molar-refractivity contribution in [3.8, 4) is 0 Å². The number of hydrogen-bond donors (Lipinski definition) is 2. The van der Waals surface area contributed by atoms with E-state index in [9.17, 15) is 4.39 Å². The van der Waals surface area contributed by atoms with E-state index in [1.807, 2.05) is 0 Å². The van der Waals surface area contributed by atoms with Gasteiger partial charge in [-0.2, -0.15) is 0 Å². The molecule has 0 amide bonds. The highest BCUT2D eigenvalue weighted by Gasteiger charge is 2.43. The molecule has 0 aromatic carbocycles. The Hall–Kier alpha value is -1.28. The molecule has 1 spiro atoms. The number of anilines is 1. The molecule has 0 bridgehead atoms. The van der Waals surface area contributed by atoms with Crippen LogP contribution in [0.3, 0.4) is 0 Å². The third kappa shape index (κ3) is 4.17. The van der Waals surface area contributed by atoms with E-state index in [4.69, 9.17) is 14.6 Å². The van der Waals surface area contributed by atoms with Crippen LogP contribution in [-0.4, -0.2) is 73.2 Å². The predicted molar refractivity (Wildman–Crippen MR) is 83.8 cm³/mol. The van der Waals surface area contributed by atoms with Crippen molar-refractivity contribution in [3.05, 3.63) is 24.1 Å². The fourth-order valence-electron chi connectivity index (χ4n) is 3.35. The van der Waals surface area contributed by atoms with Crippen molar-refractivity contribution in [1.29, 1.82) is 0 Å². The molecule has 128 valence electrons. The zero-order chi connectivity index (χ0) is 16.1. The van der Waals surface area contributed by atoms with E-state index in [0.29, 0.717) is 32.9 Å². The molecule has 1 aromatic rings. The van der Waals surface area contributed by atoms with Crippen molar-refractivity contribution < 1.29 is 19.0 Å². The Kier molecular flexibility index (Phi) is 5.42. The number of β-amino-alcohol motifs (C(OH)–C–C–N with tert-alkyl or cyclic N) is 1. The summed E-state index contributed by atoms with van der Waals surface area (Å²) < 4.78 is 25.4. The van der Waals surface area contributed by atoms with Gasteiger partial charge < -0.3 is 19.9 Å². The Bertz CT molecular complexity index is 519. The minimum Gasteiger partial charge on any atom is -0.395 e. The van der Waals surface area contributed by atoms with E-state index in [1.54, 1.807) is 12.3 Å². The lowest BCUT2D eigenvalue weighted by atomic mass is 9.94. The van der Waals surface area contributed by atoms with Gasteiger partial charge in [-0.05, 0) is 18.6 Å². The second-order valence-electron chi connectivity index (χ2n) is 6.33. The number of halogens is 1. The first-order valence-corrected chi connectivity index (χ1v) is 8.10. The quantitative estimate of drug-likeness (QED) is 0.832. The number of nitrogens with zero attached hydrogens (tertiary/aromatic N) is 2. The Balaban J connectivity index is 1.55. The number of nitrogens with one attached hydrogen (secondary N) is 1. The topological polar surface area (TPSA) is 66.9 Å². The van der Waals surface area contributed by atoms with Gasteiger partial charge in [0.1, 0.15) is 5.60 Å². The molecule has 0 saturated carbocycles. The van der Waals surface area contributed by atoms with E-state index in [1.165, 1.54) is 6.07 Å². The molecule has 23 heavy (non-hydrogen) atoms. The van der Waals surface area contributed by atoms with Crippen molar-refractivity contribution in [1.82, 2.24) is 9.88 Å². The Morgan fingerprint density at radius 2 is 2.43 bits per heavy atom. The fourth-order valence-corrected chi connectivity index (χ4v) is 3.35. The van der Waals surface area contributed by atoms with Gasteiger partial charge in [-0.25, -0.2) is 9.37 Å². The lowest BCUT2D eigenvalue weighted by Gasteiger charge is -2.30. The summed E-state index contributed by atoms with van der Waals surface area (Å²) in [6.45, 7) is 4.83. The minimum absolute atomic E-state index is 0.139. The van der Waals surface area contributed by atoms with Crippen LogP contribution in [0.1, 0.15) is 6.42 Å². The molecule has 2 aliphatic rings. The first kappa shape index (κ1) is 16.6. The summed E-state index contributed by atoms with van der Waals surface area (Å²) in [6, 6.07) is 2.97. The summed E-state index contributed by atoms with van der Waals surface area (Å²) in [4.78, 5) is 6.19. The van der Waals surface area contributed by atoms with Crippen molar-refractivity contribution in [2.75, 3.05) is 57.9 Å². The highest BCUT2D eigenvalue weighted by Crippen LogP contribution is 2.32. The van der Waals surface area contributed by atoms with Gasteiger partial charge in [0.05, 0.1) is 26.4 Å². The molecular weight excluding hydrogens is 301 g/mol. The Morgan fingerprint density at radius 3 is 3.26 bits per heavy atom.